The number of rotatable bonds is 4. The lowest BCUT2D eigenvalue weighted by molar-refractivity contribution is -0.137. The molecule has 2 aromatic rings. The minimum absolute atomic E-state index is 0. The SMILES string of the molecule is CC1NCCCC1NC(=O)c1cnn(-c2cccc(C(F)(F)F)c2)c1C1CC1.Cl. The largest absolute Gasteiger partial charge is 0.416 e. The van der Waals surface area contributed by atoms with Crippen LogP contribution in [0.4, 0.5) is 13.2 Å². The summed E-state index contributed by atoms with van der Waals surface area (Å²) in [4.78, 5) is 12.9. The molecule has 0 spiro atoms. The fourth-order valence-electron chi connectivity index (χ4n) is 3.79. The molecular weight excluding hydrogens is 405 g/mol. The molecule has 1 aliphatic carbocycles. The fourth-order valence-corrected chi connectivity index (χ4v) is 3.79. The third-order valence-electron chi connectivity index (χ3n) is 5.51. The van der Waals surface area contributed by atoms with Gasteiger partial charge >= 0.3 is 6.18 Å². The molecule has 1 aliphatic heterocycles. The maximum Gasteiger partial charge on any atom is 0.416 e. The van der Waals surface area contributed by atoms with Gasteiger partial charge in [0.05, 0.1) is 28.7 Å². The van der Waals surface area contributed by atoms with Gasteiger partial charge in [0.1, 0.15) is 0 Å². The zero-order chi connectivity index (χ0) is 19.9. The third-order valence-corrected chi connectivity index (χ3v) is 5.51. The minimum Gasteiger partial charge on any atom is -0.348 e. The first-order chi connectivity index (χ1) is 13.3. The van der Waals surface area contributed by atoms with Gasteiger partial charge in [-0.25, -0.2) is 4.68 Å². The number of carbonyl (C=O) groups excluding carboxylic acids is 1. The second-order valence-corrected chi connectivity index (χ2v) is 7.64. The van der Waals surface area contributed by atoms with Crippen LogP contribution in [0.1, 0.15) is 60.1 Å². The van der Waals surface area contributed by atoms with Crippen molar-refractivity contribution in [2.24, 2.45) is 0 Å². The number of benzene rings is 1. The van der Waals surface area contributed by atoms with Crippen LogP contribution >= 0.6 is 12.4 Å². The van der Waals surface area contributed by atoms with Crippen molar-refractivity contribution < 1.29 is 18.0 Å². The number of hydrogen-bond acceptors (Lipinski definition) is 3. The average molecular weight is 429 g/mol. The third kappa shape index (κ3) is 4.59. The van der Waals surface area contributed by atoms with E-state index in [-0.39, 0.29) is 36.3 Å². The molecule has 1 saturated heterocycles. The van der Waals surface area contributed by atoms with E-state index in [1.54, 1.807) is 6.07 Å². The molecule has 2 N–H and O–H groups in total. The normalized spacial score (nSPS) is 22.1. The number of nitrogens with zero attached hydrogens (tertiary/aromatic N) is 2. The Hall–Kier alpha value is -2.06. The van der Waals surface area contributed by atoms with Crippen LogP contribution in [0.25, 0.3) is 5.69 Å². The summed E-state index contributed by atoms with van der Waals surface area (Å²) in [5.41, 5.74) is 0.754. The molecule has 2 atom stereocenters. The standard InChI is InChI=1S/C20H23F3N4O.ClH/c1-12-17(6-3-9-24-12)26-19(28)16-11-25-27(18(16)13-7-8-13)15-5-2-4-14(10-15)20(21,22)23;/h2,4-5,10-13,17,24H,3,6-9H2,1H3,(H,26,28);1H. The molecule has 2 heterocycles. The predicted molar refractivity (Wildman–Crippen MR) is 106 cm³/mol. The van der Waals surface area contributed by atoms with Crippen LogP contribution in [0.15, 0.2) is 30.5 Å². The van der Waals surface area contributed by atoms with Gasteiger partial charge in [-0.3, -0.25) is 4.79 Å². The molecule has 0 bridgehead atoms. The molecule has 1 saturated carbocycles. The van der Waals surface area contributed by atoms with E-state index < -0.39 is 11.7 Å². The van der Waals surface area contributed by atoms with E-state index in [1.165, 1.54) is 16.9 Å². The molecule has 158 valence electrons. The number of nitrogens with one attached hydrogen (secondary N) is 2. The Balaban J connectivity index is 0.00000240. The quantitative estimate of drug-likeness (QED) is 0.772. The van der Waals surface area contributed by atoms with Gasteiger partial charge in [-0.15, -0.1) is 12.4 Å². The first-order valence-corrected chi connectivity index (χ1v) is 9.64. The first kappa shape index (κ1) is 21.6. The molecule has 1 aromatic heterocycles. The van der Waals surface area contributed by atoms with E-state index >= 15 is 0 Å². The van der Waals surface area contributed by atoms with E-state index in [0.29, 0.717) is 16.9 Å². The highest BCUT2D eigenvalue weighted by Gasteiger charge is 2.35. The number of halogens is 4. The van der Waals surface area contributed by atoms with Crippen molar-refractivity contribution in [3.05, 3.63) is 47.3 Å². The lowest BCUT2D eigenvalue weighted by atomic mass is 9.99. The topological polar surface area (TPSA) is 58.9 Å². The predicted octanol–water partition coefficient (Wildman–Crippen LogP) is 4.06. The molecule has 2 aliphatic rings. The Labute approximate surface area is 173 Å². The van der Waals surface area contributed by atoms with Gasteiger partial charge in [-0.05, 0) is 57.4 Å². The number of carbonyl (C=O) groups is 1. The second-order valence-electron chi connectivity index (χ2n) is 7.64. The number of aromatic nitrogens is 2. The maximum absolute atomic E-state index is 13.1. The van der Waals surface area contributed by atoms with Crippen molar-refractivity contribution in [3.8, 4) is 5.69 Å². The van der Waals surface area contributed by atoms with Gasteiger partial charge in [0.2, 0.25) is 0 Å². The van der Waals surface area contributed by atoms with Crippen molar-refractivity contribution in [2.45, 2.75) is 56.8 Å². The molecule has 4 rings (SSSR count). The molecule has 0 radical (unpaired) electrons. The van der Waals surface area contributed by atoms with Crippen LogP contribution in [0.5, 0.6) is 0 Å². The summed E-state index contributed by atoms with van der Waals surface area (Å²) in [6.45, 7) is 2.98. The van der Waals surface area contributed by atoms with Crippen LogP contribution in [-0.2, 0) is 6.18 Å². The summed E-state index contributed by atoms with van der Waals surface area (Å²) in [7, 11) is 0. The lowest BCUT2D eigenvalue weighted by Gasteiger charge is -2.30. The highest BCUT2D eigenvalue weighted by atomic mass is 35.5. The van der Waals surface area contributed by atoms with Gasteiger partial charge in [0.25, 0.3) is 5.91 Å². The molecule has 9 heteroatoms. The van der Waals surface area contributed by atoms with Crippen molar-refractivity contribution in [3.63, 3.8) is 0 Å². The average Bonchev–Trinajstić information content (AvgIpc) is 3.40. The molecule has 1 aromatic carbocycles. The number of hydrogen-bond donors (Lipinski definition) is 2. The van der Waals surface area contributed by atoms with E-state index in [4.69, 9.17) is 0 Å². The summed E-state index contributed by atoms with van der Waals surface area (Å²) in [5.74, 6) is -0.0552. The maximum atomic E-state index is 13.1. The number of piperidine rings is 1. The van der Waals surface area contributed by atoms with Crippen molar-refractivity contribution in [1.29, 1.82) is 0 Å². The summed E-state index contributed by atoms with van der Waals surface area (Å²) in [5, 5.41) is 10.7. The summed E-state index contributed by atoms with van der Waals surface area (Å²) in [6, 6.07) is 5.28. The van der Waals surface area contributed by atoms with E-state index in [1.807, 2.05) is 6.92 Å². The highest BCUT2D eigenvalue weighted by molar-refractivity contribution is 5.95. The number of alkyl halides is 3. The monoisotopic (exact) mass is 428 g/mol. The second kappa shape index (κ2) is 8.36. The minimum atomic E-state index is -4.42. The Morgan fingerprint density at radius 1 is 1.28 bits per heavy atom. The Kier molecular flexibility index (Phi) is 6.24. The van der Waals surface area contributed by atoms with Gasteiger partial charge in [0, 0.05) is 18.0 Å². The lowest BCUT2D eigenvalue weighted by Crippen LogP contribution is -2.52. The van der Waals surface area contributed by atoms with Crippen LogP contribution < -0.4 is 10.6 Å². The van der Waals surface area contributed by atoms with Crippen LogP contribution in [0, 0.1) is 0 Å². The van der Waals surface area contributed by atoms with Gasteiger partial charge in [0.15, 0.2) is 0 Å². The Morgan fingerprint density at radius 3 is 2.69 bits per heavy atom. The van der Waals surface area contributed by atoms with E-state index in [2.05, 4.69) is 15.7 Å². The van der Waals surface area contributed by atoms with Gasteiger partial charge in [-0.1, -0.05) is 6.07 Å². The number of amides is 1. The molecule has 1 amide bonds. The smallest absolute Gasteiger partial charge is 0.348 e. The summed E-state index contributed by atoms with van der Waals surface area (Å²) < 4.78 is 40.7. The van der Waals surface area contributed by atoms with Gasteiger partial charge < -0.3 is 10.6 Å². The highest BCUT2D eigenvalue weighted by Crippen LogP contribution is 2.43. The van der Waals surface area contributed by atoms with E-state index in [0.717, 1.165) is 44.4 Å². The van der Waals surface area contributed by atoms with Crippen LogP contribution in [0.2, 0.25) is 0 Å². The zero-order valence-corrected chi connectivity index (χ0v) is 16.8. The Morgan fingerprint density at radius 2 is 2.03 bits per heavy atom. The Bertz CT molecular complexity index is 879. The molecular formula is C20H24ClF3N4O. The molecule has 2 fully saturated rings. The summed E-state index contributed by atoms with van der Waals surface area (Å²) >= 11 is 0. The molecule has 29 heavy (non-hydrogen) atoms. The molecule has 5 nitrogen and oxygen atoms in total. The first-order valence-electron chi connectivity index (χ1n) is 9.64. The van der Waals surface area contributed by atoms with Crippen molar-refractivity contribution in [1.82, 2.24) is 20.4 Å². The van der Waals surface area contributed by atoms with E-state index in [9.17, 15) is 18.0 Å². The van der Waals surface area contributed by atoms with Crippen LogP contribution in [0.3, 0.4) is 0 Å². The van der Waals surface area contributed by atoms with Crippen molar-refractivity contribution >= 4 is 18.3 Å². The summed E-state index contributed by atoms with van der Waals surface area (Å²) in [6.07, 6.45) is 0.769. The fraction of sp³-hybridized carbons (Fsp3) is 0.500. The zero-order valence-electron chi connectivity index (χ0n) is 16.0. The van der Waals surface area contributed by atoms with Gasteiger partial charge in [-0.2, -0.15) is 18.3 Å². The van der Waals surface area contributed by atoms with Crippen molar-refractivity contribution in [2.75, 3.05) is 6.54 Å². The van der Waals surface area contributed by atoms with Crippen LogP contribution in [-0.4, -0.2) is 34.3 Å². The molecule has 2 unspecified atom stereocenters.